The van der Waals surface area contributed by atoms with E-state index in [0.717, 1.165) is 32.5 Å². The molecule has 1 aliphatic heterocycles. The van der Waals surface area contributed by atoms with Crippen molar-refractivity contribution in [2.45, 2.75) is 37.1 Å². The lowest BCUT2D eigenvalue weighted by Gasteiger charge is -2.41. The van der Waals surface area contributed by atoms with Crippen molar-refractivity contribution < 1.29 is 9.47 Å². The molecule has 94 valence electrons. The largest absolute Gasteiger partial charge is 0.347 e. The molecule has 5 nitrogen and oxygen atoms in total. The molecule has 1 aromatic rings. The van der Waals surface area contributed by atoms with Crippen LogP contribution in [0.4, 0.5) is 0 Å². The lowest BCUT2D eigenvalue weighted by atomic mass is 9.85. The Bertz CT molecular complexity index is 360. The number of hydrogen-bond acceptors (Lipinski definition) is 4. The van der Waals surface area contributed by atoms with Crippen LogP contribution in [-0.2, 0) is 9.47 Å². The number of aromatic nitrogens is 2. The van der Waals surface area contributed by atoms with Gasteiger partial charge in [0.05, 0.1) is 25.6 Å². The first-order valence-corrected chi connectivity index (χ1v) is 6.26. The SMILES string of the molecule is CNC1CCC2(CC1n1ccnc1)OCCO2. The summed E-state index contributed by atoms with van der Waals surface area (Å²) in [5.41, 5.74) is 0. The molecule has 2 fully saturated rings. The summed E-state index contributed by atoms with van der Waals surface area (Å²) in [6.45, 7) is 1.45. The van der Waals surface area contributed by atoms with Gasteiger partial charge in [-0.15, -0.1) is 0 Å². The standard InChI is InChI=1S/C12H19N3O2/c1-13-10-2-3-12(16-6-7-17-12)8-11(10)15-5-4-14-9-15/h4-5,9-11,13H,2-3,6-8H2,1H3. The van der Waals surface area contributed by atoms with Crippen molar-refractivity contribution in [1.29, 1.82) is 0 Å². The molecule has 1 aromatic heterocycles. The smallest absolute Gasteiger partial charge is 0.170 e. The van der Waals surface area contributed by atoms with Crippen LogP contribution in [0.2, 0.25) is 0 Å². The minimum Gasteiger partial charge on any atom is -0.347 e. The molecule has 0 bridgehead atoms. The monoisotopic (exact) mass is 237 g/mol. The van der Waals surface area contributed by atoms with Gasteiger partial charge in [-0.25, -0.2) is 4.98 Å². The number of ether oxygens (including phenoxy) is 2. The molecule has 0 aromatic carbocycles. The average Bonchev–Trinajstić information content (AvgIpc) is 3.00. The summed E-state index contributed by atoms with van der Waals surface area (Å²) < 4.78 is 13.8. The van der Waals surface area contributed by atoms with Gasteiger partial charge in [0.1, 0.15) is 0 Å². The zero-order valence-electron chi connectivity index (χ0n) is 10.1. The summed E-state index contributed by atoms with van der Waals surface area (Å²) in [6, 6.07) is 0.817. The first-order valence-electron chi connectivity index (χ1n) is 6.26. The predicted molar refractivity (Wildman–Crippen MR) is 62.6 cm³/mol. The van der Waals surface area contributed by atoms with Crippen molar-refractivity contribution in [3.05, 3.63) is 18.7 Å². The Morgan fingerprint density at radius 2 is 2.24 bits per heavy atom. The van der Waals surface area contributed by atoms with E-state index < -0.39 is 0 Å². The molecule has 1 spiro atoms. The third kappa shape index (κ3) is 1.99. The first kappa shape index (κ1) is 11.2. The van der Waals surface area contributed by atoms with Gasteiger partial charge in [0.15, 0.2) is 5.79 Å². The van der Waals surface area contributed by atoms with Crippen LogP contribution >= 0.6 is 0 Å². The van der Waals surface area contributed by atoms with Gasteiger partial charge in [-0.2, -0.15) is 0 Å². The van der Waals surface area contributed by atoms with E-state index in [0.29, 0.717) is 12.1 Å². The lowest BCUT2D eigenvalue weighted by molar-refractivity contribution is -0.188. The van der Waals surface area contributed by atoms with Gasteiger partial charge in [0.2, 0.25) is 0 Å². The Hall–Kier alpha value is -0.910. The second-order valence-corrected chi connectivity index (χ2v) is 4.82. The van der Waals surface area contributed by atoms with E-state index in [1.807, 2.05) is 25.8 Å². The summed E-state index contributed by atoms with van der Waals surface area (Å²) in [5.74, 6) is -0.345. The molecule has 0 amide bonds. The van der Waals surface area contributed by atoms with Crippen molar-refractivity contribution in [3.63, 3.8) is 0 Å². The van der Waals surface area contributed by atoms with Crippen LogP contribution < -0.4 is 5.32 Å². The quantitative estimate of drug-likeness (QED) is 0.831. The molecular formula is C12H19N3O2. The van der Waals surface area contributed by atoms with Gasteiger partial charge < -0.3 is 19.4 Å². The van der Waals surface area contributed by atoms with E-state index in [9.17, 15) is 0 Å². The Morgan fingerprint density at radius 1 is 1.41 bits per heavy atom. The molecule has 1 saturated heterocycles. The molecule has 2 heterocycles. The van der Waals surface area contributed by atoms with Crippen LogP contribution in [0, 0.1) is 0 Å². The van der Waals surface area contributed by atoms with Gasteiger partial charge in [0.25, 0.3) is 0 Å². The zero-order chi connectivity index (χ0) is 11.7. The summed E-state index contributed by atoms with van der Waals surface area (Å²) >= 11 is 0. The van der Waals surface area contributed by atoms with Crippen LogP contribution in [-0.4, -0.2) is 41.6 Å². The van der Waals surface area contributed by atoms with Gasteiger partial charge in [-0.1, -0.05) is 0 Å². The number of nitrogens with zero attached hydrogens (tertiary/aromatic N) is 2. The van der Waals surface area contributed by atoms with E-state index in [2.05, 4.69) is 14.9 Å². The number of likely N-dealkylation sites (N-methyl/N-ethyl adjacent to an activating group) is 1. The summed E-state index contributed by atoms with van der Waals surface area (Å²) in [5, 5.41) is 3.39. The Morgan fingerprint density at radius 3 is 2.88 bits per heavy atom. The van der Waals surface area contributed by atoms with Crippen LogP contribution in [0.25, 0.3) is 0 Å². The summed E-state index contributed by atoms with van der Waals surface area (Å²) in [4.78, 5) is 4.13. The molecule has 17 heavy (non-hydrogen) atoms. The number of hydrogen-bond donors (Lipinski definition) is 1. The number of rotatable bonds is 2. The minimum absolute atomic E-state index is 0.345. The van der Waals surface area contributed by atoms with E-state index in [1.165, 1.54) is 0 Å². The molecule has 0 radical (unpaired) electrons. The fraction of sp³-hybridized carbons (Fsp3) is 0.750. The maximum Gasteiger partial charge on any atom is 0.170 e. The second kappa shape index (κ2) is 4.40. The van der Waals surface area contributed by atoms with Gasteiger partial charge in [-0.05, 0) is 13.5 Å². The Labute approximate surface area is 101 Å². The van der Waals surface area contributed by atoms with Gasteiger partial charge >= 0.3 is 0 Å². The van der Waals surface area contributed by atoms with Crippen molar-refractivity contribution in [3.8, 4) is 0 Å². The highest BCUT2D eigenvalue weighted by atomic mass is 16.7. The fourth-order valence-corrected chi connectivity index (χ4v) is 3.01. The third-order valence-electron chi connectivity index (χ3n) is 3.91. The van der Waals surface area contributed by atoms with Crippen LogP contribution in [0.15, 0.2) is 18.7 Å². The van der Waals surface area contributed by atoms with Crippen molar-refractivity contribution in [1.82, 2.24) is 14.9 Å². The van der Waals surface area contributed by atoms with Crippen LogP contribution in [0.3, 0.4) is 0 Å². The maximum atomic E-state index is 5.82. The molecule has 3 rings (SSSR count). The molecule has 5 heteroatoms. The summed E-state index contributed by atoms with van der Waals surface area (Å²) in [7, 11) is 2.02. The second-order valence-electron chi connectivity index (χ2n) is 4.82. The number of nitrogens with one attached hydrogen (secondary N) is 1. The summed E-state index contributed by atoms with van der Waals surface area (Å²) in [6.07, 6.45) is 8.66. The third-order valence-corrected chi connectivity index (χ3v) is 3.91. The minimum atomic E-state index is -0.345. The Kier molecular flexibility index (Phi) is 2.90. The lowest BCUT2D eigenvalue weighted by Crippen LogP contribution is -2.47. The van der Waals surface area contributed by atoms with Crippen molar-refractivity contribution in [2.75, 3.05) is 20.3 Å². The highest BCUT2D eigenvalue weighted by Gasteiger charge is 2.45. The molecule has 2 unspecified atom stereocenters. The van der Waals surface area contributed by atoms with E-state index in [1.54, 1.807) is 0 Å². The maximum absolute atomic E-state index is 5.82. The van der Waals surface area contributed by atoms with Crippen LogP contribution in [0.5, 0.6) is 0 Å². The van der Waals surface area contributed by atoms with Gasteiger partial charge in [-0.3, -0.25) is 0 Å². The molecule has 1 saturated carbocycles. The highest BCUT2D eigenvalue weighted by molar-refractivity contribution is 4.96. The van der Waals surface area contributed by atoms with Crippen LogP contribution in [0.1, 0.15) is 25.3 Å². The Balaban J connectivity index is 1.82. The fourth-order valence-electron chi connectivity index (χ4n) is 3.01. The first-order chi connectivity index (χ1) is 8.33. The van der Waals surface area contributed by atoms with Crippen molar-refractivity contribution >= 4 is 0 Å². The normalized spacial score (nSPS) is 32.1. The number of imidazole rings is 1. The van der Waals surface area contributed by atoms with Crippen molar-refractivity contribution in [2.24, 2.45) is 0 Å². The molecular weight excluding hydrogens is 218 g/mol. The molecule has 1 N–H and O–H groups in total. The van der Waals surface area contributed by atoms with E-state index >= 15 is 0 Å². The highest BCUT2D eigenvalue weighted by Crippen LogP contribution is 2.40. The molecule has 2 aliphatic rings. The van der Waals surface area contributed by atoms with E-state index in [4.69, 9.17) is 9.47 Å². The topological polar surface area (TPSA) is 48.3 Å². The van der Waals surface area contributed by atoms with Gasteiger partial charge in [0, 0.05) is 31.3 Å². The van der Waals surface area contributed by atoms with E-state index in [-0.39, 0.29) is 5.79 Å². The molecule has 1 aliphatic carbocycles. The molecule has 2 atom stereocenters. The average molecular weight is 237 g/mol. The zero-order valence-corrected chi connectivity index (χ0v) is 10.1. The predicted octanol–water partition coefficient (Wildman–Crippen LogP) is 0.939.